The molecule has 0 aromatic carbocycles. The van der Waals surface area contributed by atoms with Crippen LogP contribution in [0.25, 0.3) is 0 Å². The second kappa shape index (κ2) is 7.59. The molecule has 1 aliphatic carbocycles. The van der Waals surface area contributed by atoms with Gasteiger partial charge in [-0.2, -0.15) is 8.42 Å². The summed E-state index contributed by atoms with van der Waals surface area (Å²) >= 11 is 0. The Bertz CT molecular complexity index is 488. The van der Waals surface area contributed by atoms with E-state index in [1.54, 1.807) is 19.1 Å². The third-order valence-corrected chi connectivity index (χ3v) is 6.31. The van der Waals surface area contributed by atoms with Gasteiger partial charge in [-0.15, -0.1) is 0 Å². The van der Waals surface area contributed by atoms with Crippen LogP contribution in [-0.4, -0.2) is 17.7 Å². The van der Waals surface area contributed by atoms with E-state index in [0.717, 1.165) is 24.3 Å². The zero-order valence-corrected chi connectivity index (χ0v) is 14.6. The van der Waals surface area contributed by atoms with Crippen molar-refractivity contribution in [3.05, 3.63) is 23.8 Å². The van der Waals surface area contributed by atoms with Gasteiger partial charge < -0.3 is 0 Å². The van der Waals surface area contributed by atoms with E-state index >= 15 is 0 Å². The van der Waals surface area contributed by atoms with Crippen molar-refractivity contribution in [2.45, 2.75) is 71.0 Å². The third kappa shape index (κ3) is 4.96. The van der Waals surface area contributed by atoms with Crippen molar-refractivity contribution in [3.63, 3.8) is 0 Å². The molecule has 0 saturated heterocycles. The summed E-state index contributed by atoms with van der Waals surface area (Å²) in [6.07, 6.45) is 12.3. The average Bonchev–Trinajstić information content (AvgIpc) is 2.36. The minimum absolute atomic E-state index is 0.173. The second-order valence-corrected chi connectivity index (χ2v) is 8.66. The molecule has 0 aromatic rings. The Morgan fingerprint density at radius 1 is 1.24 bits per heavy atom. The highest BCUT2D eigenvalue weighted by Crippen LogP contribution is 2.37. The van der Waals surface area contributed by atoms with E-state index in [1.165, 1.54) is 25.7 Å². The molecule has 0 radical (unpaired) electrons. The van der Waals surface area contributed by atoms with Crippen LogP contribution >= 0.6 is 0 Å². The zero-order chi connectivity index (χ0) is 16.1. The maximum Gasteiger partial charge on any atom is 0.274 e. The summed E-state index contributed by atoms with van der Waals surface area (Å²) in [7, 11) is -4.08. The highest BCUT2D eigenvalue weighted by atomic mass is 32.2. The van der Waals surface area contributed by atoms with E-state index < -0.39 is 14.9 Å². The molecule has 1 N–H and O–H groups in total. The maximum absolute atomic E-state index is 11.6. The van der Waals surface area contributed by atoms with Crippen molar-refractivity contribution in [3.8, 4) is 0 Å². The fourth-order valence-corrected chi connectivity index (χ4v) is 3.71. The van der Waals surface area contributed by atoms with Gasteiger partial charge in [0.15, 0.2) is 0 Å². The SMILES string of the molecule is CC(C)CCCCCCC1=CC=CC(C)(S(=O)(=O)O)C1C. The molecule has 2 atom stereocenters. The predicted octanol–water partition coefficient (Wildman–Crippen LogP) is 4.76. The molecule has 0 bridgehead atoms. The normalized spacial score (nSPS) is 26.2. The molecule has 2 unspecified atom stereocenters. The van der Waals surface area contributed by atoms with Crippen molar-refractivity contribution in [2.24, 2.45) is 11.8 Å². The van der Waals surface area contributed by atoms with Crippen LogP contribution in [-0.2, 0) is 10.1 Å². The van der Waals surface area contributed by atoms with Crippen molar-refractivity contribution in [1.29, 1.82) is 0 Å². The van der Waals surface area contributed by atoms with E-state index in [9.17, 15) is 13.0 Å². The Balaban J connectivity index is 2.47. The summed E-state index contributed by atoms with van der Waals surface area (Å²) in [6, 6.07) is 0. The third-order valence-electron chi connectivity index (χ3n) is 4.71. The van der Waals surface area contributed by atoms with E-state index in [2.05, 4.69) is 13.8 Å². The lowest BCUT2D eigenvalue weighted by molar-refractivity contribution is 0.413. The van der Waals surface area contributed by atoms with Crippen LogP contribution in [0.1, 0.15) is 66.2 Å². The van der Waals surface area contributed by atoms with Gasteiger partial charge in [0, 0.05) is 5.92 Å². The van der Waals surface area contributed by atoms with Gasteiger partial charge in [0.1, 0.15) is 4.75 Å². The quantitative estimate of drug-likeness (QED) is 0.519. The standard InChI is InChI=1S/C17H30O3S/c1-14(2)10-7-5-6-8-11-16-12-9-13-17(4,15(16)3)21(18,19)20/h9,12-15H,5-8,10-11H2,1-4H3,(H,18,19,20). The lowest BCUT2D eigenvalue weighted by Gasteiger charge is -2.33. The molecule has 0 spiro atoms. The zero-order valence-electron chi connectivity index (χ0n) is 13.8. The molecule has 1 aliphatic rings. The Morgan fingerprint density at radius 2 is 1.86 bits per heavy atom. The number of unbranched alkanes of at least 4 members (excludes halogenated alkanes) is 3. The van der Waals surface area contributed by atoms with Crippen molar-refractivity contribution in [1.82, 2.24) is 0 Å². The minimum Gasteiger partial charge on any atom is -0.285 e. The number of hydrogen-bond donors (Lipinski definition) is 1. The van der Waals surface area contributed by atoms with Gasteiger partial charge in [0.05, 0.1) is 0 Å². The first-order valence-corrected chi connectivity index (χ1v) is 9.48. The van der Waals surface area contributed by atoms with Crippen LogP contribution in [0, 0.1) is 11.8 Å². The number of rotatable bonds is 8. The topological polar surface area (TPSA) is 54.4 Å². The highest BCUT2D eigenvalue weighted by Gasteiger charge is 2.43. The maximum atomic E-state index is 11.6. The smallest absolute Gasteiger partial charge is 0.274 e. The first-order valence-electron chi connectivity index (χ1n) is 8.04. The van der Waals surface area contributed by atoms with E-state index in [-0.39, 0.29) is 5.92 Å². The molecule has 3 nitrogen and oxygen atoms in total. The summed E-state index contributed by atoms with van der Waals surface area (Å²) in [5, 5.41) is 0. The molecule has 0 saturated carbocycles. The Hall–Kier alpha value is -0.610. The fourth-order valence-electron chi connectivity index (χ4n) is 2.86. The molecule has 21 heavy (non-hydrogen) atoms. The summed E-state index contributed by atoms with van der Waals surface area (Å²) in [4.78, 5) is 0. The second-order valence-electron chi connectivity index (χ2n) is 6.83. The lowest BCUT2D eigenvalue weighted by Crippen LogP contribution is -2.41. The molecule has 0 aromatic heterocycles. The predicted molar refractivity (Wildman–Crippen MR) is 88.9 cm³/mol. The van der Waals surface area contributed by atoms with E-state index in [1.807, 2.05) is 13.0 Å². The first kappa shape index (κ1) is 18.4. The van der Waals surface area contributed by atoms with Crippen molar-refractivity contribution in [2.75, 3.05) is 0 Å². The summed E-state index contributed by atoms with van der Waals surface area (Å²) < 4.78 is 31.5. The van der Waals surface area contributed by atoms with Gasteiger partial charge in [0.25, 0.3) is 10.1 Å². The summed E-state index contributed by atoms with van der Waals surface area (Å²) in [5.41, 5.74) is 1.13. The van der Waals surface area contributed by atoms with Crippen LogP contribution in [0.4, 0.5) is 0 Å². The molecule has 0 amide bonds. The molecule has 0 heterocycles. The summed E-state index contributed by atoms with van der Waals surface area (Å²) in [5.74, 6) is 0.597. The Kier molecular flexibility index (Phi) is 6.67. The Labute approximate surface area is 130 Å². The van der Waals surface area contributed by atoms with E-state index in [4.69, 9.17) is 0 Å². The van der Waals surface area contributed by atoms with Gasteiger partial charge in [-0.25, -0.2) is 0 Å². The van der Waals surface area contributed by atoms with Gasteiger partial charge in [0.2, 0.25) is 0 Å². The van der Waals surface area contributed by atoms with E-state index in [0.29, 0.717) is 0 Å². The first-order chi connectivity index (χ1) is 9.68. The van der Waals surface area contributed by atoms with Crippen LogP contribution in [0.15, 0.2) is 23.8 Å². The molecule has 0 aliphatic heterocycles. The monoisotopic (exact) mass is 314 g/mol. The summed E-state index contributed by atoms with van der Waals surface area (Å²) in [6.45, 7) is 7.98. The number of hydrogen-bond acceptors (Lipinski definition) is 2. The molecule has 1 rings (SSSR count). The van der Waals surface area contributed by atoms with Crippen LogP contribution in [0.5, 0.6) is 0 Å². The van der Waals surface area contributed by atoms with Crippen LogP contribution < -0.4 is 0 Å². The number of allylic oxidation sites excluding steroid dienone is 3. The van der Waals surface area contributed by atoms with Gasteiger partial charge in [-0.3, -0.25) is 4.55 Å². The average molecular weight is 314 g/mol. The highest BCUT2D eigenvalue weighted by molar-refractivity contribution is 7.87. The van der Waals surface area contributed by atoms with Crippen LogP contribution in [0.3, 0.4) is 0 Å². The Morgan fingerprint density at radius 3 is 2.43 bits per heavy atom. The lowest BCUT2D eigenvalue weighted by atomic mass is 9.81. The van der Waals surface area contributed by atoms with Crippen molar-refractivity contribution < 1.29 is 13.0 Å². The fraction of sp³-hybridized carbons (Fsp3) is 0.765. The van der Waals surface area contributed by atoms with Gasteiger partial charge in [-0.05, 0) is 25.7 Å². The minimum atomic E-state index is -4.08. The molecule has 0 fully saturated rings. The molecule has 122 valence electrons. The van der Waals surface area contributed by atoms with Crippen LogP contribution in [0.2, 0.25) is 0 Å². The molecular formula is C17H30O3S. The molecular weight excluding hydrogens is 284 g/mol. The molecule has 4 heteroatoms. The van der Waals surface area contributed by atoms with Crippen molar-refractivity contribution >= 4 is 10.1 Å². The van der Waals surface area contributed by atoms with Gasteiger partial charge >= 0.3 is 0 Å². The largest absolute Gasteiger partial charge is 0.285 e. The van der Waals surface area contributed by atoms with Gasteiger partial charge in [-0.1, -0.05) is 70.3 Å².